The Labute approximate surface area is 119 Å². The Kier molecular flexibility index (Phi) is 4.80. The predicted molar refractivity (Wildman–Crippen MR) is 78.7 cm³/mol. The van der Waals surface area contributed by atoms with E-state index >= 15 is 0 Å². The number of rotatable bonds is 5. The van der Waals surface area contributed by atoms with Crippen molar-refractivity contribution in [1.29, 1.82) is 0 Å². The van der Waals surface area contributed by atoms with Gasteiger partial charge in [0.15, 0.2) is 0 Å². The van der Waals surface area contributed by atoms with Crippen LogP contribution in [0.4, 0.5) is 0 Å². The molecule has 0 bridgehead atoms. The largest absolute Gasteiger partial charge is 0.487 e. The van der Waals surface area contributed by atoms with Gasteiger partial charge in [-0.25, -0.2) is 0 Å². The second-order valence-corrected chi connectivity index (χ2v) is 4.76. The molecule has 2 nitrogen and oxygen atoms in total. The van der Waals surface area contributed by atoms with Crippen LogP contribution in [0.1, 0.15) is 29.4 Å². The van der Waals surface area contributed by atoms with Gasteiger partial charge in [-0.3, -0.25) is 4.98 Å². The molecule has 0 fully saturated rings. The molecule has 19 heavy (non-hydrogen) atoms. The minimum Gasteiger partial charge on any atom is -0.487 e. The van der Waals surface area contributed by atoms with Gasteiger partial charge in [-0.1, -0.05) is 31.2 Å². The standard InChI is InChI=1S/C16H18ClNO/c1-3-13-5-7-14(8-6-13)11-19-16-9-4-12(2)18-15(16)10-17/h4-9H,3,10-11H2,1-2H3. The second kappa shape index (κ2) is 6.58. The van der Waals surface area contributed by atoms with Gasteiger partial charge in [-0.2, -0.15) is 0 Å². The highest BCUT2D eigenvalue weighted by Gasteiger charge is 2.05. The van der Waals surface area contributed by atoms with Gasteiger partial charge in [-0.15, -0.1) is 11.6 Å². The van der Waals surface area contributed by atoms with Crippen molar-refractivity contribution in [1.82, 2.24) is 4.98 Å². The molecule has 100 valence electrons. The maximum absolute atomic E-state index is 5.88. The Balaban J connectivity index is 2.05. The number of benzene rings is 1. The smallest absolute Gasteiger partial charge is 0.142 e. The zero-order valence-electron chi connectivity index (χ0n) is 11.3. The molecule has 0 N–H and O–H groups in total. The summed E-state index contributed by atoms with van der Waals surface area (Å²) in [5.74, 6) is 1.13. The normalized spacial score (nSPS) is 10.5. The number of nitrogens with zero attached hydrogens (tertiary/aromatic N) is 1. The molecule has 2 aromatic rings. The highest BCUT2D eigenvalue weighted by atomic mass is 35.5. The Morgan fingerprint density at radius 1 is 1.05 bits per heavy atom. The molecule has 0 aliphatic rings. The van der Waals surface area contributed by atoms with Crippen LogP contribution in [0.15, 0.2) is 36.4 Å². The second-order valence-electron chi connectivity index (χ2n) is 4.49. The third kappa shape index (κ3) is 3.71. The Hall–Kier alpha value is -1.54. The van der Waals surface area contributed by atoms with E-state index in [0.29, 0.717) is 12.5 Å². The van der Waals surface area contributed by atoms with Gasteiger partial charge in [0.2, 0.25) is 0 Å². The lowest BCUT2D eigenvalue weighted by atomic mass is 10.1. The maximum Gasteiger partial charge on any atom is 0.142 e. The first-order valence-electron chi connectivity index (χ1n) is 6.46. The summed E-state index contributed by atoms with van der Waals surface area (Å²) in [5, 5.41) is 0. The summed E-state index contributed by atoms with van der Waals surface area (Å²) >= 11 is 5.88. The average Bonchev–Trinajstić information content (AvgIpc) is 2.46. The number of aromatic nitrogens is 1. The quantitative estimate of drug-likeness (QED) is 0.760. The first-order chi connectivity index (χ1) is 9.22. The average molecular weight is 276 g/mol. The van der Waals surface area contributed by atoms with Crippen molar-refractivity contribution in [2.45, 2.75) is 32.8 Å². The molecule has 2 rings (SSSR count). The molecule has 1 heterocycles. The van der Waals surface area contributed by atoms with E-state index in [9.17, 15) is 0 Å². The Morgan fingerprint density at radius 3 is 2.37 bits per heavy atom. The van der Waals surface area contributed by atoms with Crippen molar-refractivity contribution in [2.24, 2.45) is 0 Å². The summed E-state index contributed by atoms with van der Waals surface area (Å²) in [6.45, 7) is 4.64. The summed E-state index contributed by atoms with van der Waals surface area (Å²) in [6.07, 6.45) is 1.05. The van der Waals surface area contributed by atoms with Crippen molar-refractivity contribution >= 4 is 11.6 Å². The van der Waals surface area contributed by atoms with Crippen LogP contribution in [0.25, 0.3) is 0 Å². The van der Waals surface area contributed by atoms with Crippen molar-refractivity contribution in [3.05, 3.63) is 58.9 Å². The summed E-state index contributed by atoms with van der Waals surface area (Å²) in [5.41, 5.74) is 4.24. The van der Waals surface area contributed by atoms with Gasteiger partial charge in [0.1, 0.15) is 12.4 Å². The third-order valence-corrected chi connectivity index (χ3v) is 3.28. The van der Waals surface area contributed by atoms with Gasteiger partial charge in [0.05, 0.1) is 11.6 Å². The molecule has 1 aromatic heterocycles. The number of ether oxygens (including phenoxy) is 1. The van der Waals surface area contributed by atoms with Crippen LogP contribution < -0.4 is 4.74 Å². The highest BCUT2D eigenvalue weighted by Crippen LogP contribution is 2.20. The minimum atomic E-state index is 0.367. The molecule has 0 atom stereocenters. The van der Waals surface area contributed by atoms with E-state index in [1.54, 1.807) is 0 Å². The lowest BCUT2D eigenvalue weighted by Gasteiger charge is -2.10. The molecule has 0 spiro atoms. The van der Waals surface area contributed by atoms with E-state index in [0.717, 1.165) is 29.1 Å². The summed E-state index contributed by atoms with van der Waals surface area (Å²) in [6, 6.07) is 12.3. The minimum absolute atomic E-state index is 0.367. The first kappa shape index (κ1) is 13.9. The molecular formula is C16H18ClNO. The number of hydrogen-bond donors (Lipinski definition) is 0. The van der Waals surface area contributed by atoms with Gasteiger partial charge in [0.25, 0.3) is 0 Å². The number of aryl methyl sites for hydroxylation is 2. The van der Waals surface area contributed by atoms with E-state index in [1.807, 2.05) is 19.1 Å². The monoisotopic (exact) mass is 275 g/mol. The van der Waals surface area contributed by atoms with E-state index in [1.165, 1.54) is 5.56 Å². The van der Waals surface area contributed by atoms with Gasteiger partial charge in [-0.05, 0) is 36.6 Å². The molecule has 0 amide bonds. The fraction of sp³-hybridized carbons (Fsp3) is 0.312. The van der Waals surface area contributed by atoms with Crippen LogP contribution in [0.2, 0.25) is 0 Å². The Morgan fingerprint density at radius 2 is 1.74 bits per heavy atom. The third-order valence-electron chi connectivity index (χ3n) is 3.02. The lowest BCUT2D eigenvalue weighted by Crippen LogP contribution is -2.00. The lowest BCUT2D eigenvalue weighted by molar-refractivity contribution is 0.302. The van der Waals surface area contributed by atoms with Crippen molar-refractivity contribution in [3.63, 3.8) is 0 Å². The fourth-order valence-electron chi connectivity index (χ4n) is 1.86. The zero-order valence-corrected chi connectivity index (χ0v) is 12.1. The SMILES string of the molecule is CCc1ccc(COc2ccc(C)nc2CCl)cc1. The molecule has 0 aliphatic heterocycles. The summed E-state index contributed by atoms with van der Waals surface area (Å²) in [4.78, 5) is 4.37. The van der Waals surface area contributed by atoms with Crippen LogP contribution >= 0.6 is 11.6 Å². The molecule has 3 heteroatoms. The first-order valence-corrected chi connectivity index (χ1v) is 6.99. The van der Waals surface area contributed by atoms with Crippen molar-refractivity contribution in [3.8, 4) is 5.75 Å². The number of hydrogen-bond acceptors (Lipinski definition) is 2. The van der Waals surface area contributed by atoms with Crippen LogP contribution in [0, 0.1) is 6.92 Å². The van der Waals surface area contributed by atoms with Crippen LogP contribution in [-0.2, 0) is 18.9 Å². The van der Waals surface area contributed by atoms with Crippen LogP contribution in [0.5, 0.6) is 5.75 Å². The van der Waals surface area contributed by atoms with Gasteiger partial charge in [0, 0.05) is 5.69 Å². The predicted octanol–water partition coefficient (Wildman–Crippen LogP) is 4.27. The van der Waals surface area contributed by atoms with E-state index in [2.05, 4.69) is 36.2 Å². The van der Waals surface area contributed by atoms with E-state index < -0.39 is 0 Å². The van der Waals surface area contributed by atoms with E-state index in [-0.39, 0.29) is 0 Å². The van der Waals surface area contributed by atoms with Gasteiger partial charge < -0.3 is 4.74 Å². The van der Waals surface area contributed by atoms with E-state index in [4.69, 9.17) is 16.3 Å². The topological polar surface area (TPSA) is 22.1 Å². The molecule has 0 radical (unpaired) electrons. The molecule has 0 saturated carbocycles. The maximum atomic E-state index is 5.88. The molecular weight excluding hydrogens is 258 g/mol. The molecule has 0 saturated heterocycles. The number of halogens is 1. The van der Waals surface area contributed by atoms with Crippen molar-refractivity contribution < 1.29 is 4.74 Å². The molecule has 0 unspecified atom stereocenters. The zero-order chi connectivity index (χ0) is 13.7. The molecule has 1 aromatic carbocycles. The van der Waals surface area contributed by atoms with Crippen molar-refractivity contribution in [2.75, 3.05) is 0 Å². The van der Waals surface area contributed by atoms with Crippen LogP contribution in [0.3, 0.4) is 0 Å². The number of pyridine rings is 1. The fourth-order valence-corrected chi connectivity index (χ4v) is 2.05. The van der Waals surface area contributed by atoms with Crippen LogP contribution in [-0.4, -0.2) is 4.98 Å². The summed E-state index contributed by atoms with van der Waals surface area (Å²) < 4.78 is 5.80. The number of alkyl halides is 1. The Bertz CT molecular complexity index is 537. The highest BCUT2D eigenvalue weighted by molar-refractivity contribution is 6.17. The van der Waals surface area contributed by atoms with Gasteiger partial charge >= 0.3 is 0 Å². The molecule has 0 aliphatic carbocycles. The summed E-state index contributed by atoms with van der Waals surface area (Å²) in [7, 11) is 0.